The number of aromatic amines is 1. The number of aromatic nitrogens is 3. The summed E-state index contributed by atoms with van der Waals surface area (Å²) >= 11 is 0. The van der Waals surface area contributed by atoms with Crippen LogP contribution in [0.5, 0.6) is 23.1 Å². The molecule has 2 aromatic carbocycles. The third-order valence-electron chi connectivity index (χ3n) is 6.55. The van der Waals surface area contributed by atoms with E-state index in [1.807, 2.05) is 18.7 Å². The van der Waals surface area contributed by atoms with Gasteiger partial charge in [-0.1, -0.05) is 0 Å². The Morgan fingerprint density at radius 1 is 1.00 bits per heavy atom. The third kappa shape index (κ3) is 5.46. The van der Waals surface area contributed by atoms with Gasteiger partial charge in [-0.3, -0.25) is 9.80 Å². The van der Waals surface area contributed by atoms with E-state index >= 15 is 4.39 Å². The number of methoxy groups -OCH3 is 1. The van der Waals surface area contributed by atoms with Crippen LogP contribution in [0.1, 0.15) is 12.6 Å². The average molecular weight is 534 g/mol. The SMILES string of the molecule is COc1cc2c(Oc3ccc4[nH]c(C)cc4c3F)ncnc2cc1OC(C)N1CCN(CC(F)(F)F)CC1. The molecular weight excluding hydrogens is 506 g/mol. The van der Waals surface area contributed by atoms with Gasteiger partial charge in [-0.05, 0) is 38.1 Å². The zero-order valence-corrected chi connectivity index (χ0v) is 21.1. The summed E-state index contributed by atoms with van der Waals surface area (Å²) in [7, 11) is 1.49. The zero-order valence-electron chi connectivity index (χ0n) is 21.1. The van der Waals surface area contributed by atoms with Crippen LogP contribution < -0.4 is 14.2 Å². The van der Waals surface area contributed by atoms with Gasteiger partial charge >= 0.3 is 6.18 Å². The molecule has 5 rings (SSSR count). The number of halogens is 4. The Balaban J connectivity index is 1.35. The van der Waals surface area contributed by atoms with Gasteiger partial charge in [-0.25, -0.2) is 14.4 Å². The fourth-order valence-corrected chi connectivity index (χ4v) is 4.64. The highest BCUT2D eigenvalue weighted by atomic mass is 19.4. The van der Waals surface area contributed by atoms with Gasteiger partial charge in [-0.15, -0.1) is 0 Å². The Labute approximate surface area is 216 Å². The summed E-state index contributed by atoms with van der Waals surface area (Å²) in [6.07, 6.45) is -3.32. The fourth-order valence-electron chi connectivity index (χ4n) is 4.64. The molecule has 1 saturated heterocycles. The van der Waals surface area contributed by atoms with Crippen molar-refractivity contribution in [2.24, 2.45) is 0 Å². The number of ether oxygens (including phenoxy) is 3. The van der Waals surface area contributed by atoms with Gasteiger partial charge in [0.2, 0.25) is 5.88 Å². The Morgan fingerprint density at radius 3 is 2.47 bits per heavy atom. The standard InChI is InChI=1S/C26H27F4N5O3/c1-15-10-17-19(33-15)4-5-21(24(17)27)38-25-18-11-22(36-3)23(12-20(18)31-14-32-25)37-16(2)35-8-6-34(7-9-35)13-26(28,29)30/h4-5,10-12,14,16,33H,6-9,13H2,1-3H3. The second kappa shape index (κ2) is 10.3. The van der Waals surface area contributed by atoms with Crippen molar-refractivity contribution < 1.29 is 31.8 Å². The number of nitrogens with zero attached hydrogens (tertiary/aromatic N) is 4. The summed E-state index contributed by atoms with van der Waals surface area (Å²) in [5.41, 5.74) is 1.99. The molecule has 0 spiro atoms. The normalized spacial score (nSPS) is 16.2. The lowest BCUT2D eigenvalue weighted by Gasteiger charge is -2.38. The number of rotatable bonds is 7. The molecule has 38 heavy (non-hydrogen) atoms. The number of nitrogens with one attached hydrogen (secondary N) is 1. The molecule has 1 fully saturated rings. The predicted molar refractivity (Wildman–Crippen MR) is 133 cm³/mol. The fraction of sp³-hybridized carbons (Fsp3) is 0.385. The number of H-pyrrole nitrogens is 1. The first-order valence-electron chi connectivity index (χ1n) is 12.1. The van der Waals surface area contributed by atoms with Crippen molar-refractivity contribution in [2.75, 3.05) is 39.8 Å². The molecular formula is C26H27F4N5O3. The van der Waals surface area contributed by atoms with Crippen molar-refractivity contribution >= 4 is 21.8 Å². The zero-order chi connectivity index (χ0) is 27.0. The maximum absolute atomic E-state index is 15.1. The number of alkyl halides is 3. The summed E-state index contributed by atoms with van der Waals surface area (Å²) in [4.78, 5) is 14.9. The van der Waals surface area contributed by atoms with Gasteiger partial charge < -0.3 is 19.2 Å². The van der Waals surface area contributed by atoms with Crippen LogP contribution in [0.4, 0.5) is 17.6 Å². The highest BCUT2D eigenvalue weighted by Crippen LogP contribution is 2.38. The van der Waals surface area contributed by atoms with E-state index in [9.17, 15) is 13.2 Å². The second-order valence-electron chi connectivity index (χ2n) is 9.24. The van der Waals surface area contributed by atoms with Crippen LogP contribution in [-0.2, 0) is 0 Å². The number of aryl methyl sites for hydroxylation is 1. The molecule has 0 saturated carbocycles. The van der Waals surface area contributed by atoms with Crippen molar-refractivity contribution in [2.45, 2.75) is 26.3 Å². The minimum atomic E-state index is -4.22. The predicted octanol–water partition coefficient (Wildman–Crippen LogP) is 5.26. The van der Waals surface area contributed by atoms with Crippen LogP contribution in [0, 0.1) is 12.7 Å². The molecule has 0 amide bonds. The first-order chi connectivity index (χ1) is 18.1. The van der Waals surface area contributed by atoms with Crippen molar-refractivity contribution in [1.82, 2.24) is 24.8 Å². The smallest absolute Gasteiger partial charge is 0.401 e. The Kier molecular flexibility index (Phi) is 7.01. The van der Waals surface area contributed by atoms with Crippen molar-refractivity contribution in [1.29, 1.82) is 0 Å². The Morgan fingerprint density at radius 2 is 1.76 bits per heavy atom. The van der Waals surface area contributed by atoms with E-state index in [2.05, 4.69) is 15.0 Å². The van der Waals surface area contributed by atoms with E-state index in [-0.39, 0.29) is 11.6 Å². The largest absolute Gasteiger partial charge is 0.493 e. The van der Waals surface area contributed by atoms with Gasteiger partial charge in [0.05, 0.1) is 24.6 Å². The van der Waals surface area contributed by atoms with Gasteiger partial charge in [0.15, 0.2) is 23.1 Å². The van der Waals surface area contributed by atoms with Gasteiger partial charge in [0, 0.05) is 48.8 Å². The van der Waals surface area contributed by atoms with Crippen molar-refractivity contribution in [3.8, 4) is 23.1 Å². The number of hydrogen-bond acceptors (Lipinski definition) is 7. The lowest BCUT2D eigenvalue weighted by molar-refractivity contribution is -0.151. The molecule has 1 aliphatic heterocycles. The lowest BCUT2D eigenvalue weighted by atomic mass is 10.2. The Bertz CT molecular complexity index is 1450. The topological polar surface area (TPSA) is 75.7 Å². The van der Waals surface area contributed by atoms with Crippen LogP contribution in [0.2, 0.25) is 0 Å². The summed E-state index contributed by atoms with van der Waals surface area (Å²) in [6, 6.07) is 8.31. The summed E-state index contributed by atoms with van der Waals surface area (Å²) in [6.45, 7) is 4.22. The van der Waals surface area contributed by atoms with Gasteiger partial charge in [0.25, 0.3) is 0 Å². The van der Waals surface area contributed by atoms with E-state index in [4.69, 9.17) is 14.2 Å². The lowest BCUT2D eigenvalue weighted by Crippen LogP contribution is -2.52. The quantitative estimate of drug-likeness (QED) is 0.325. The maximum Gasteiger partial charge on any atom is 0.401 e. The van der Waals surface area contributed by atoms with Gasteiger partial charge in [0.1, 0.15) is 12.6 Å². The van der Waals surface area contributed by atoms with E-state index in [0.717, 1.165) is 5.69 Å². The summed E-state index contributed by atoms with van der Waals surface area (Å²) in [5, 5.41) is 0.912. The first-order valence-corrected chi connectivity index (χ1v) is 12.1. The molecule has 0 radical (unpaired) electrons. The van der Waals surface area contributed by atoms with Gasteiger partial charge in [-0.2, -0.15) is 13.2 Å². The van der Waals surface area contributed by atoms with E-state index in [1.54, 1.807) is 24.3 Å². The van der Waals surface area contributed by atoms with E-state index in [1.165, 1.54) is 24.4 Å². The van der Waals surface area contributed by atoms with Crippen LogP contribution in [0.25, 0.3) is 21.8 Å². The maximum atomic E-state index is 15.1. The van der Waals surface area contributed by atoms with Crippen LogP contribution in [0.3, 0.4) is 0 Å². The minimum absolute atomic E-state index is 0.0223. The summed E-state index contributed by atoms with van der Waals surface area (Å²) < 4.78 is 70.7. The Hall–Kier alpha value is -3.64. The molecule has 2 aromatic heterocycles. The second-order valence-corrected chi connectivity index (χ2v) is 9.24. The molecule has 1 N–H and O–H groups in total. The molecule has 12 heteroatoms. The minimum Gasteiger partial charge on any atom is -0.493 e. The molecule has 1 aliphatic rings. The summed E-state index contributed by atoms with van der Waals surface area (Å²) in [5.74, 6) is 0.463. The molecule has 0 bridgehead atoms. The molecule has 3 heterocycles. The van der Waals surface area contributed by atoms with Crippen LogP contribution in [0.15, 0.2) is 36.7 Å². The van der Waals surface area contributed by atoms with Crippen LogP contribution in [-0.4, -0.2) is 77.0 Å². The molecule has 8 nitrogen and oxygen atoms in total. The number of fused-ring (bicyclic) bond motifs is 2. The van der Waals surface area contributed by atoms with Crippen molar-refractivity contribution in [3.05, 3.63) is 48.2 Å². The first kappa shape index (κ1) is 26.0. The van der Waals surface area contributed by atoms with Crippen LogP contribution >= 0.6 is 0 Å². The monoisotopic (exact) mass is 533 g/mol. The molecule has 4 aromatic rings. The highest BCUT2D eigenvalue weighted by Gasteiger charge is 2.33. The molecule has 0 aliphatic carbocycles. The van der Waals surface area contributed by atoms with E-state index in [0.29, 0.717) is 59.5 Å². The highest BCUT2D eigenvalue weighted by molar-refractivity contribution is 5.87. The number of piperazine rings is 1. The number of benzene rings is 2. The molecule has 1 unspecified atom stereocenters. The number of hydrogen-bond donors (Lipinski definition) is 1. The molecule has 1 atom stereocenters. The molecule has 202 valence electrons. The average Bonchev–Trinajstić information content (AvgIpc) is 3.26. The third-order valence-corrected chi connectivity index (χ3v) is 6.55. The van der Waals surface area contributed by atoms with Crippen molar-refractivity contribution in [3.63, 3.8) is 0 Å². The van der Waals surface area contributed by atoms with E-state index < -0.39 is 24.8 Å².